The fraction of sp³-hybridized carbons (Fsp3) is 0.500. The first kappa shape index (κ1) is 20.1. The van der Waals surface area contributed by atoms with Crippen molar-refractivity contribution in [3.63, 3.8) is 0 Å². The second-order valence-corrected chi connectivity index (χ2v) is 7.16. The van der Waals surface area contributed by atoms with Crippen molar-refractivity contribution in [2.24, 2.45) is 11.3 Å². The minimum absolute atomic E-state index is 0.0831. The summed E-state index contributed by atoms with van der Waals surface area (Å²) in [5.74, 6) is 2.68. The first-order chi connectivity index (χ1) is 13.4. The van der Waals surface area contributed by atoms with Crippen molar-refractivity contribution < 1.29 is 28.5 Å². The molecular weight excluding hydrogens is 360 g/mol. The molecule has 3 atom stereocenters. The van der Waals surface area contributed by atoms with Crippen LogP contribution in [0, 0.1) is 11.3 Å². The largest absolute Gasteiger partial charge is 0.493 e. The second-order valence-electron chi connectivity index (χ2n) is 7.16. The molecule has 1 heterocycles. The summed E-state index contributed by atoms with van der Waals surface area (Å²) in [4.78, 5) is 12.3. The quantitative estimate of drug-likeness (QED) is 0.697. The van der Waals surface area contributed by atoms with E-state index in [2.05, 4.69) is 13.8 Å². The van der Waals surface area contributed by atoms with Gasteiger partial charge in [0.1, 0.15) is 11.9 Å². The molecule has 2 aliphatic rings. The van der Waals surface area contributed by atoms with Gasteiger partial charge in [-0.1, -0.05) is 20.3 Å². The summed E-state index contributed by atoms with van der Waals surface area (Å²) in [5.41, 5.74) is 0.534. The number of allylic oxidation sites excluding steroid dienone is 2. The van der Waals surface area contributed by atoms with E-state index in [9.17, 15) is 4.79 Å². The number of fused-ring (bicyclic) bond motifs is 1. The van der Waals surface area contributed by atoms with Crippen molar-refractivity contribution in [2.45, 2.75) is 32.8 Å². The van der Waals surface area contributed by atoms with Crippen LogP contribution in [0.2, 0.25) is 0 Å². The van der Waals surface area contributed by atoms with Crippen LogP contribution in [-0.4, -0.2) is 34.2 Å². The van der Waals surface area contributed by atoms with E-state index in [0.29, 0.717) is 28.8 Å². The van der Waals surface area contributed by atoms with Crippen LogP contribution in [0.15, 0.2) is 35.8 Å². The SMILES string of the molecule is CCC[C@]12C=C(OC)C(=O)C=C1O[C@H](c1cc(OC)c(OC)c(OC)c1)[C@@H]2C. The lowest BCUT2D eigenvalue weighted by atomic mass is 9.68. The van der Waals surface area contributed by atoms with E-state index in [1.54, 1.807) is 27.4 Å². The van der Waals surface area contributed by atoms with E-state index in [4.69, 9.17) is 23.7 Å². The van der Waals surface area contributed by atoms with Gasteiger partial charge in [-0.3, -0.25) is 4.79 Å². The van der Waals surface area contributed by atoms with Crippen LogP contribution < -0.4 is 14.2 Å². The van der Waals surface area contributed by atoms with Gasteiger partial charge in [0.05, 0.1) is 33.9 Å². The van der Waals surface area contributed by atoms with E-state index in [-0.39, 0.29) is 23.2 Å². The van der Waals surface area contributed by atoms with E-state index in [0.717, 1.165) is 18.4 Å². The lowest BCUT2D eigenvalue weighted by molar-refractivity contribution is -0.114. The molecule has 1 saturated heterocycles. The third-order valence-electron chi connectivity index (χ3n) is 5.77. The summed E-state index contributed by atoms with van der Waals surface area (Å²) in [7, 11) is 6.28. The molecule has 0 amide bonds. The first-order valence-corrected chi connectivity index (χ1v) is 9.45. The Morgan fingerprint density at radius 1 is 1.04 bits per heavy atom. The number of hydrogen-bond acceptors (Lipinski definition) is 6. The Hall–Kier alpha value is -2.63. The molecule has 0 N–H and O–H groups in total. The van der Waals surface area contributed by atoms with Crippen LogP contribution in [0.3, 0.4) is 0 Å². The van der Waals surface area contributed by atoms with E-state index in [1.165, 1.54) is 7.11 Å². The highest BCUT2D eigenvalue weighted by atomic mass is 16.5. The average Bonchev–Trinajstić information content (AvgIpc) is 2.98. The molecule has 1 aliphatic heterocycles. The van der Waals surface area contributed by atoms with Crippen LogP contribution in [0.1, 0.15) is 38.4 Å². The third-order valence-corrected chi connectivity index (χ3v) is 5.77. The standard InChI is InChI=1S/C22H28O6/c1-7-8-22-12-18(26-5)15(23)11-19(22)28-20(13(22)2)14-9-16(24-3)21(27-6)17(10-14)25-4/h9-13,20H,7-8H2,1-6H3/t13-,20-,22+/m0/s1. The maximum Gasteiger partial charge on any atom is 0.223 e. The molecule has 0 bridgehead atoms. The minimum Gasteiger partial charge on any atom is -0.493 e. The Morgan fingerprint density at radius 2 is 1.68 bits per heavy atom. The normalized spacial score (nSPS) is 26.0. The van der Waals surface area contributed by atoms with Crippen molar-refractivity contribution in [2.75, 3.05) is 28.4 Å². The first-order valence-electron chi connectivity index (χ1n) is 9.45. The van der Waals surface area contributed by atoms with Crippen LogP contribution >= 0.6 is 0 Å². The topological polar surface area (TPSA) is 63.2 Å². The zero-order valence-electron chi connectivity index (χ0n) is 17.3. The summed E-state index contributed by atoms with van der Waals surface area (Å²) in [5, 5.41) is 0. The molecule has 6 heteroatoms. The number of rotatable bonds is 7. The van der Waals surface area contributed by atoms with Gasteiger partial charge in [0.15, 0.2) is 17.3 Å². The molecule has 0 saturated carbocycles. The predicted molar refractivity (Wildman–Crippen MR) is 105 cm³/mol. The maximum absolute atomic E-state index is 12.3. The van der Waals surface area contributed by atoms with Crippen molar-refractivity contribution >= 4 is 5.78 Å². The third kappa shape index (κ3) is 3.01. The van der Waals surface area contributed by atoms with E-state index >= 15 is 0 Å². The Labute approximate surface area is 166 Å². The predicted octanol–water partition coefficient (Wildman–Crippen LogP) is 4.20. The molecule has 0 spiro atoms. The fourth-order valence-corrected chi connectivity index (χ4v) is 4.33. The minimum atomic E-state index is -0.376. The molecule has 6 nitrogen and oxygen atoms in total. The molecule has 3 rings (SSSR count). The second kappa shape index (κ2) is 7.78. The van der Waals surface area contributed by atoms with Crippen molar-refractivity contribution in [3.8, 4) is 17.2 Å². The van der Waals surface area contributed by atoms with Crippen LogP contribution in [0.4, 0.5) is 0 Å². The number of benzene rings is 1. The van der Waals surface area contributed by atoms with Crippen molar-refractivity contribution in [3.05, 3.63) is 41.4 Å². The van der Waals surface area contributed by atoms with Crippen LogP contribution in [0.5, 0.6) is 17.2 Å². The van der Waals surface area contributed by atoms with Gasteiger partial charge < -0.3 is 23.7 Å². The summed E-state index contributed by atoms with van der Waals surface area (Å²) in [6.07, 6.45) is 5.07. The zero-order chi connectivity index (χ0) is 20.5. The summed E-state index contributed by atoms with van der Waals surface area (Å²) < 4.78 is 28.1. The van der Waals surface area contributed by atoms with Gasteiger partial charge in [-0.05, 0) is 24.6 Å². The molecule has 1 aromatic rings. The molecule has 0 radical (unpaired) electrons. The van der Waals surface area contributed by atoms with Gasteiger partial charge in [-0.2, -0.15) is 0 Å². The number of ether oxygens (including phenoxy) is 5. The Morgan fingerprint density at radius 3 is 2.18 bits per heavy atom. The molecular formula is C22H28O6. The number of carbonyl (C=O) groups excluding carboxylic acids is 1. The fourth-order valence-electron chi connectivity index (χ4n) is 4.33. The molecule has 1 fully saturated rings. The van der Waals surface area contributed by atoms with Crippen molar-refractivity contribution in [1.29, 1.82) is 0 Å². The molecule has 28 heavy (non-hydrogen) atoms. The average molecular weight is 388 g/mol. The number of ketones is 1. The van der Waals surface area contributed by atoms with Gasteiger partial charge >= 0.3 is 0 Å². The van der Waals surface area contributed by atoms with E-state index < -0.39 is 0 Å². The van der Waals surface area contributed by atoms with E-state index in [1.807, 2.05) is 18.2 Å². The van der Waals surface area contributed by atoms with Gasteiger partial charge in [-0.15, -0.1) is 0 Å². The molecule has 0 aromatic heterocycles. The smallest absolute Gasteiger partial charge is 0.223 e. The summed E-state index contributed by atoms with van der Waals surface area (Å²) in [6, 6.07) is 3.81. The monoisotopic (exact) mass is 388 g/mol. The Bertz CT molecular complexity index is 799. The van der Waals surface area contributed by atoms with Gasteiger partial charge in [0, 0.05) is 17.6 Å². The maximum atomic E-state index is 12.3. The van der Waals surface area contributed by atoms with Crippen LogP contribution in [0.25, 0.3) is 0 Å². The molecule has 0 unspecified atom stereocenters. The van der Waals surface area contributed by atoms with Crippen LogP contribution in [-0.2, 0) is 14.3 Å². The Balaban J connectivity index is 2.10. The lowest BCUT2D eigenvalue weighted by Gasteiger charge is -2.32. The lowest BCUT2D eigenvalue weighted by Crippen LogP contribution is -2.29. The van der Waals surface area contributed by atoms with Gasteiger partial charge in [0.25, 0.3) is 0 Å². The molecule has 1 aromatic carbocycles. The summed E-state index contributed by atoms with van der Waals surface area (Å²) >= 11 is 0. The van der Waals surface area contributed by atoms with Crippen molar-refractivity contribution in [1.82, 2.24) is 0 Å². The Kier molecular flexibility index (Phi) is 5.59. The van der Waals surface area contributed by atoms with Gasteiger partial charge in [-0.25, -0.2) is 0 Å². The highest BCUT2D eigenvalue weighted by molar-refractivity contribution is 6.04. The summed E-state index contributed by atoms with van der Waals surface area (Å²) in [6.45, 7) is 4.27. The number of hydrogen-bond donors (Lipinski definition) is 0. The highest BCUT2D eigenvalue weighted by Crippen LogP contribution is 2.58. The molecule has 1 aliphatic carbocycles. The molecule has 152 valence electrons. The van der Waals surface area contributed by atoms with Gasteiger partial charge in [0.2, 0.25) is 11.5 Å². The highest BCUT2D eigenvalue weighted by Gasteiger charge is 2.53. The number of methoxy groups -OCH3 is 4. The zero-order valence-corrected chi connectivity index (χ0v) is 17.3. The number of carbonyl (C=O) groups is 1.